The van der Waals surface area contributed by atoms with E-state index in [9.17, 15) is 4.39 Å². The molecule has 0 radical (unpaired) electrons. The minimum absolute atomic E-state index is 0. The van der Waals surface area contributed by atoms with Gasteiger partial charge in [0.2, 0.25) is 0 Å². The third-order valence-electron chi connectivity index (χ3n) is 3.38. The molecule has 1 saturated heterocycles. The molecule has 1 aromatic carbocycles. The lowest BCUT2D eigenvalue weighted by molar-refractivity contribution is 0.200. The predicted octanol–water partition coefficient (Wildman–Crippen LogP) is 3.34. The van der Waals surface area contributed by atoms with E-state index in [0.29, 0.717) is 10.6 Å². The van der Waals surface area contributed by atoms with E-state index in [-0.39, 0.29) is 24.3 Å². The second-order valence-corrected chi connectivity index (χ2v) is 4.94. The van der Waals surface area contributed by atoms with Crippen molar-refractivity contribution in [1.82, 2.24) is 10.2 Å². The van der Waals surface area contributed by atoms with Gasteiger partial charge in [0, 0.05) is 31.7 Å². The third kappa shape index (κ3) is 3.48. The van der Waals surface area contributed by atoms with Crippen molar-refractivity contribution in [2.24, 2.45) is 0 Å². The van der Waals surface area contributed by atoms with Gasteiger partial charge in [0.25, 0.3) is 0 Å². The highest BCUT2D eigenvalue weighted by molar-refractivity contribution is 6.32. The van der Waals surface area contributed by atoms with E-state index in [0.717, 1.165) is 31.7 Å². The molecule has 106 valence electrons. The molecule has 1 heterocycles. The van der Waals surface area contributed by atoms with Crippen LogP contribution in [-0.4, -0.2) is 31.1 Å². The Hall–Kier alpha value is -0.610. The summed E-state index contributed by atoms with van der Waals surface area (Å²) in [4.78, 5) is 2.20. The fraction of sp³-hybridized carbons (Fsp3) is 0.429. The second kappa shape index (κ2) is 7.25. The van der Waals surface area contributed by atoms with E-state index in [1.54, 1.807) is 12.1 Å². The van der Waals surface area contributed by atoms with Crippen LogP contribution in [0.4, 0.5) is 4.39 Å². The first-order valence-corrected chi connectivity index (χ1v) is 6.54. The Bertz CT molecular complexity index is 445. The van der Waals surface area contributed by atoms with Gasteiger partial charge in [-0.2, -0.15) is 0 Å². The van der Waals surface area contributed by atoms with Crippen molar-refractivity contribution < 1.29 is 4.39 Å². The van der Waals surface area contributed by atoms with Crippen LogP contribution in [-0.2, 0) is 0 Å². The minimum atomic E-state index is -0.256. The predicted molar refractivity (Wildman–Crippen MR) is 80.8 cm³/mol. The number of piperazine rings is 1. The monoisotopic (exact) mass is 304 g/mol. The average Bonchev–Trinajstić information content (AvgIpc) is 2.40. The van der Waals surface area contributed by atoms with Crippen molar-refractivity contribution in [2.75, 3.05) is 26.2 Å². The molecule has 2 rings (SSSR count). The molecule has 2 nitrogen and oxygen atoms in total. The van der Waals surface area contributed by atoms with E-state index in [4.69, 9.17) is 11.6 Å². The average molecular weight is 305 g/mol. The fourth-order valence-electron chi connectivity index (χ4n) is 2.36. The van der Waals surface area contributed by atoms with Gasteiger partial charge in [0.15, 0.2) is 0 Å². The molecule has 1 aliphatic heterocycles. The lowest BCUT2D eigenvalue weighted by atomic mass is 10.0. The Morgan fingerprint density at radius 2 is 2.05 bits per heavy atom. The molecule has 0 bridgehead atoms. The molecule has 1 aliphatic rings. The summed E-state index contributed by atoms with van der Waals surface area (Å²) in [6.45, 7) is 9.30. The Labute approximate surface area is 125 Å². The first-order chi connectivity index (χ1) is 8.65. The summed E-state index contributed by atoms with van der Waals surface area (Å²) < 4.78 is 14.0. The number of hydrogen-bond donors (Lipinski definition) is 1. The third-order valence-corrected chi connectivity index (χ3v) is 3.89. The van der Waals surface area contributed by atoms with Crippen LogP contribution in [0.2, 0.25) is 5.02 Å². The van der Waals surface area contributed by atoms with Crippen LogP contribution in [0.15, 0.2) is 24.8 Å². The lowest BCUT2D eigenvalue weighted by Crippen LogP contribution is -2.44. The van der Waals surface area contributed by atoms with Gasteiger partial charge in [-0.1, -0.05) is 23.7 Å². The highest BCUT2D eigenvalue weighted by atomic mass is 35.5. The van der Waals surface area contributed by atoms with Crippen molar-refractivity contribution >= 4 is 24.0 Å². The van der Waals surface area contributed by atoms with E-state index in [2.05, 4.69) is 16.8 Å². The largest absolute Gasteiger partial charge is 0.314 e. The quantitative estimate of drug-likeness (QED) is 0.862. The highest BCUT2D eigenvalue weighted by Gasteiger charge is 2.24. The molecule has 0 spiro atoms. The van der Waals surface area contributed by atoms with Gasteiger partial charge in [-0.3, -0.25) is 4.90 Å². The van der Waals surface area contributed by atoms with Crippen molar-refractivity contribution in [3.8, 4) is 0 Å². The van der Waals surface area contributed by atoms with Crippen molar-refractivity contribution in [2.45, 2.75) is 13.0 Å². The van der Waals surface area contributed by atoms with E-state index < -0.39 is 0 Å². The highest BCUT2D eigenvalue weighted by Crippen LogP contribution is 2.33. The molecule has 1 N–H and O–H groups in total. The van der Waals surface area contributed by atoms with Crippen LogP contribution in [0.3, 0.4) is 0 Å². The zero-order valence-corrected chi connectivity index (χ0v) is 12.5. The van der Waals surface area contributed by atoms with Gasteiger partial charge in [-0.25, -0.2) is 4.39 Å². The molecule has 0 unspecified atom stereocenters. The number of hydrogen-bond acceptors (Lipinski definition) is 2. The van der Waals surface area contributed by atoms with E-state index in [1.165, 1.54) is 6.07 Å². The summed E-state index contributed by atoms with van der Waals surface area (Å²) >= 11 is 6.26. The van der Waals surface area contributed by atoms with Crippen molar-refractivity contribution in [3.63, 3.8) is 0 Å². The molecule has 1 fully saturated rings. The minimum Gasteiger partial charge on any atom is -0.314 e. The maximum atomic E-state index is 14.0. The van der Waals surface area contributed by atoms with Crippen molar-refractivity contribution in [3.05, 3.63) is 46.8 Å². The number of halogens is 3. The first kappa shape index (κ1) is 16.4. The second-order valence-electron chi connectivity index (χ2n) is 4.56. The van der Waals surface area contributed by atoms with Gasteiger partial charge in [0.1, 0.15) is 5.82 Å². The number of nitrogens with one attached hydrogen (secondary N) is 1. The summed E-state index contributed by atoms with van der Waals surface area (Å²) in [5.74, 6) is -0.256. The Morgan fingerprint density at radius 3 is 2.63 bits per heavy atom. The van der Waals surface area contributed by atoms with Crippen LogP contribution in [0.5, 0.6) is 0 Å². The summed E-state index contributed by atoms with van der Waals surface area (Å²) in [6, 6.07) is 3.04. The van der Waals surface area contributed by atoms with Crippen LogP contribution in [0.25, 0.3) is 0 Å². The summed E-state index contributed by atoms with van der Waals surface area (Å²) in [6.07, 6.45) is 1.77. The zero-order valence-electron chi connectivity index (χ0n) is 11.0. The Morgan fingerprint density at radius 1 is 1.42 bits per heavy atom. The molecule has 0 amide bonds. The maximum absolute atomic E-state index is 14.0. The molecule has 0 aliphatic carbocycles. The molecule has 1 atom stereocenters. The Balaban J connectivity index is 0.00000180. The topological polar surface area (TPSA) is 15.3 Å². The van der Waals surface area contributed by atoms with Gasteiger partial charge in [-0.15, -0.1) is 19.0 Å². The number of aryl methyl sites for hydroxylation is 1. The van der Waals surface area contributed by atoms with Crippen LogP contribution in [0.1, 0.15) is 17.2 Å². The van der Waals surface area contributed by atoms with Crippen molar-refractivity contribution in [1.29, 1.82) is 0 Å². The van der Waals surface area contributed by atoms with Crippen LogP contribution < -0.4 is 5.32 Å². The van der Waals surface area contributed by atoms with Crippen LogP contribution in [0, 0.1) is 12.7 Å². The molecule has 1 aromatic rings. The molecular formula is C14H19Cl2FN2. The van der Waals surface area contributed by atoms with E-state index in [1.807, 2.05) is 6.92 Å². The summed E-state index contributed by atoms with van der Waals surface area (Å²) in [7, 11) is 0. The number of nitrogens with zero attached hydrogens (tertiary/aromatic N) is 1. The number of benzene rings is 1. The lowest BCUT2D eigenvalue weighted by Gasteiger charge is -2.34. The van der Waals surface area contributed by atoms with E-state index >= 15 is 0 Å². The molecular weight excluding hydrogens is 286 g/mol. The molecule has 0 saturated carbocycles. The van der Waals surface area contributed by atoms with Gasteiger partial charge in [-0.05, 0) is 18.6 Å². The SMILES string of the molecule is C=C[C@@H](c1c(F)ccc(C)c1Cl)N1CCNCC1.Cl. The molecule has 0 aromatic heterocycles. The number of rotatable bonds is 3. The molecule has 5 heteroatoms. The maximum Gasteiger partial charge on any atom is 0.129 e. The standard InChI is InChI=1S/C14H18ClFN2.ClH/c1-3-12(18-8-6-17-7-9-18)13-11(16)5-4-10(2)14(13)15;/h3-5,12,17H,1,6-9H2,2H3;1H/t12-;/m0./s1. The van der Waals surface area contributed by atoms with Gasteiger partial charge < -0.3 is 5.32 Å². The van der Waals surface area contributed by atoms with Gasteiger partial charge >= 0.3 is 0 Å². The zero-order chi connectivity index (χ0) is 13.1. The summed E-state index contributed by atoms with van der Waals surface area (Å²) in [5.41, 5.74) is 1.45. The smallest absolute Gasteiger partial charge is 0.129 e. The van der Waals surface area contributed by atoms with Crippen LogP contribution >= 0.6 is 24.0 Å². The Kier molecular flexibility index (Phi) is 6.27. The normalized spacial score (nSPS) is 17.6. The van der Waals surface area contributed by atoms with Gasteiger partial charge in [0.05, 0.1) is 11.1 Å². The summed E-state index contributed by atoms with van der Waals surface area (Å²) in [5, 5.41) is 3.80. The fourth-order valence-corrected chi connectivity index (χ4v) is 2.62. The molecule has 19 heavy (non-hydrogen) atoms. The first-order valence-electron chi connectivity index (χ1n) is 6.17.